The van der Waals surface area contributed by atoms with Crippen LogP contribution in [0.1, 0.15) is 16.8 Å². The minimum Gasteiger partial charge on any atom is -0.492 e. The summed E-state index contributed by atoms with van der Waals surface area (Å²) < 4.78 is 20.0. The first-order chi connectivity index (χ1) is 16.4. The first-order valence-corrected chi connectivity index (χ1v) is 10.6. The van der Waals surface area contributed by atoms with E-state index in [1.165, 1.54) is 53.7 Å². The molecule has 8 nitrogen and oxygen atoms in total. The van der Waals surface area contributed by atoms with Crippen LogP contribution in [0.5, 0.6) is 5.75 Å². The van der Waals surface area contributed by atoms with Crippen molar-refractivity contribution in [2.75, 3.05) is 29.5 Å². The highest BCUT2D eigenvalue weighted by atomic mass is 35.5. The Labute approximate surface area is 200 Å². The summed E-state index contributed by atoms with van der Waals surface area (Å²) in [7, 11) is 0. The molecule has 0 atom stereocenters. The number of ether oxygens (including phenoxy) is 1. The SMILES string of the molecule is N#CCCN(C(=O)c1cc(Cl)cc(OCCN(C(=O)O)c2ccncc2)c1)c1ccccc1F. The van der Waals surface area contributed by atoms with Crippen LogP contribution in [0.2, 0.25) is 5.02 Å². The van der Waals surface area contributed by atoms with Gasteiger partial charge in [0.1, 0.15) is 18.2 Å². The van der Waals surface area contributed by atoms with Crippen LogP contribution in [0, 0.1) is 17.1 Å². The van der Waals surface area contributed by atoms with Gasteiger partial charge in [0.05, 0.1) is 30.4 Å². The second-order valence-electron chi connectivity index (χ2n) is 6.98. The van der Waals surface area contributed by atoms with Crippen LogP contribution < -0.4 is 14.5 Å². The Bertz CT molecular complexity index is 1200. The molecule has 0 saturated carbocycles. The third kappa shape index (κ3) is 6.21. The second-order valence-corrected chi connectivity index (χ2v) is 7.42. The Morgan fingerprint density at radius 3 is 2.50 bits per heavy atom. The standard InChI is InChI=1S/C24H20ClFN4O4/c25-18-14-17(23(31)30(11-3-8-27)22-5-2-1-4-21(22)26)15-20(16-18)34-13-12-29(24(32)33)19-6-9-28-10-7-19/h1-2,4-7,9-10,14-16H,3,11-13H2,(H,32,33). The number of nitriles is 1. The zero-order valence-corrected chi connectivity index (χ0v) is 18.7. The van der Waals surface area contributed by atoms with Gasteiger partial charge in [-0.25, -0.2) is 9.18 Å². The average molecular weight is 483 g/mol. The number of aromatic nitrogens is 1. The number of carbonyl (C=O) groups excluding carboxylic acids is 1. The zero-order valence-electron chi connectivity index (χ0n) is 17.9. The van der Waals surface area contributed by atoms with Crippen LogP contribution >= 0.6 is 11.6 Å². The number of halogens is 2. The predicted octanol–water partition coefficient (Wildman–Crippen LogP) is 5.00. The summed E-state index contributed by atoms with van der Waals surface area (Å²) >= 11 is 6.18. The highest BCUT2D eigenvalue weighted by Crippen LogP contribution is 2.26. The molecule has 0 saturated heterocycles. The molecular formula is C24H20ClFN4O4. The van der Waals surface area contributed by atoms with Crippen LogP contribution in [-0.2, 0) is 0 Å². The molecule has 0 bridgehead atoms. The number of carbonyl (C=O) groups is 2. The molecule has 1 N–H and O–H groups in total. The number of hydrogen-bond acceptors (Lipinski definition) is 5. The van der Waals surface area contributed by atoms with Gasteiger partial charge in [-0.05, 0) is 42.5 Å². The van der Waals surface area contributed by atoms with Gasteiger partial charge in [0.15, 0.2) is 0 Å². The first-order valence-electron chi connectivity index (χ1n) is 10.2. The summed E-state index contributed by atoms with van der Waals surface area (Å²) in [6, 6.07) is 15.2. The number of pyridine rings is 1. The van der Waals surface area contributed by atoms with Gasteiger partial charge in [0, 0.05) is 29.5 Å². The molecule has 0 aliphatic heterocycles. The van der Waals surface area contributed by atoms with Gasteiger partial charge in [-0.15, -0.1) is 0 Å². The number of hydrogen-bond donors (Lipinski definition) is 1. The van der Waals surface area contributed by atoms with Crippen LogP contribution in [0.4, 0.5) is 20.6 Å². The topological polar surface area (TPSA) is 107 Å². The number of para-hydroxylation sites is 1. The second kappa shape index (κ2) is 11.6. The van der Waals surface area contributed by atoms with E-state index in [0.717, 1.165) is 4.90 Å². The average Bonchev–Trinajstić information content (AvgIpc) is 2.83. The molecule has 10 heteroatoms. The molecular weight excluding hydrogens is 463 g/mol. The van der Waals surface area contributed by atoms with E-state index in [9.17, 15) is 19.1 Å². The van der Waals surface area contributed by atoms with E-state index in [4.69, 9.17) is 21.6 Å². The molecule has 0 radical (unpaired) electrons. The largest absolute Gasteiger partial charge is 0.492 e. The molecule has 0 unspecified atom stereocenters. The van der Waals surface area contributed by atoms with Gasteiger partial charge in [0.2, 0.25) is 0 Å². The van der Waals surface area contributed by atoms with Crippen molar-refractivity contribution in [3.63, 3.8) is 0 Å². The monoisotopic (exact) mass is 482 g/mol. The molecule has 0 aliphatic carbocycles. The van der Waals surface area contributed by atoms with E-state index >= 15 is 0 Å². The van der Waals surface area contributed by atoms with Gasteiger partial charge >= 0.3 is 6.09 Å². The summed E-state index contributed by atoms with van der Waals surface area (Å²) in [5.41, 5.74) is 0.610. The molecule has 34 heavy (non-hydrogen) atoms. The van der Waals surface area contributed by atoms with Crippen LogP contribution in [0.3, 0.4) is 0 Å². The minimum atomic E-state index is -1.16. The molecule has 2 aromatic carbocycles. The number of carboxylic acid groups (broad SMARTS) is 1. The highest BCUT2D eigenvalue weighted by molar-refractivity contribution is 6.31. The number of anilines is 2. The van der Waals surface area contributed by atoms with Crippen molar-refractivity contribution in [1.29, 1.82) is 5.26 Å². The van der Waals surface area contributed by atoms with Crippen molar-refractivity contribution in [2.45, 2.75) is 6.42 Å². The fourth-order valence-electron chi connectivity index (χ4n) is 3.20. The quantitative estimate of drug-likeness (QED) is 0.460. The molecule has 3 aromatic rings. The smallest absolute Gasteiger partial charge is 0.411 e. The minimum absolute atomic E-state index is 0.00399. The fourth-order valence-corrected chi connectivity index (χ4v) is 3.43. The van der Waals surface area contributed by atoms with E-state index in [1.807, 2.05) is 6.07 Å². The lowest BCUT2D eigenvalue weighted by Gasteiger charge is -2.23. The lowest BCUT2D eigenvalue weighted by molar-refractivity contribution is 0.0986. The Balaban J connectivity index is 1.78. The van der Waals surface area contributed by atoms with Crippen molar-refractivity contribution < 1.29 is 23.8 Å². The van der Waals surface area contributed by atoms with Crippen molar-refractivity contribution in [2.24, 2.45) is 0 Å². The fraction of sp³-hybridized carbons (Fsp3) is 0.167. The van der Waals surface area contributed by atoms with E-state index in [1.54, 1.807) is 18.2 Å². The molecule has 174 valence electrons. The van der Waals surface area contributed by atoms with E-state index in [2.05, 4.69) is 4.98 Å². The molecule has 0 aliphatic rings. The van der Waals surface area contributed by atoms with Gasteiger partial charge in [0.25, 0.3) is 5.91 Å². The van der Waals surface area contributed by atoms with Crippen LogP contribution in [-0.4, -0.2) is 41.8 Å². The van der Waals surface area contributed by atoms with Gasteiger partial charge < -0.3 is 14.7 Å². The van der Waals surface area contributed by atoms with E-state index in [0.29, 0.717) is 5.69 Å². The van der Waals surface area contributed by atoms with E-state index < -0.39 is 17.8 Å². The summed E-state index contributed by atoms with van der Waals surface area (Å²) in [6.45, 7) is -0.0226. The predicted molar refractivity (Wildman–Crippen MR) is 125 cm³/mol. The summed E-state index contributed by atoms with van der Waals surface area (Å²) in [5, 5.41) is 18.6. The number of benzene rings is 2. The van der Waals surface area contributed by atoms with Crippen molar-refractivity contribution >= 4 is 35.0 Å². The van der Waals surface area contributed by atoms with Crippen LogP contribution in [0.25, 0.3) is 0 Å². The maximum Gasteiger partial charge on any atom is 0.411 e. The first kappa shape index (κ1) is 24.5. The molecule has 1 aromatic heterocycles. The lowest BCUT2D eigenvalue weighted by Crippen LogP contribution is -2.33. The van der Waals surface area contributed by atoms with Gasteiger partial charge in [-0.1, -0.05) is 23.7 Å². The molecule has 2 amide bonds. The molecule has 0 fully saturated rings. The number of amides is 2. The van der Waals surface area contributed by atoms with Gasteiger partial charge in [-0.2, -0.15) is 5.26 Å². The third-order valence-electron chi connectivity index (χ3n) is 4.74. The van der Waals surface area contributed by atoms with Crippen LogP contribution in [0.15, 0.2) is 67.0 Å². The molecule has 0 spiro atoms. The Morgan fingerprint density at radius 2 is 1.82 bits per heavy atom. The summed E-state index contributed by atoms with van der Waals surface area (Å²) in [4.78, 5) is 30.9. The molecule has 3 rings (SSSR count). The summed E-state index contributed by atoms with van der Waals surface area (Å²) in [6.07, 6.45) is 1.81. The maximum absolute atomic E-state index is 14.4. The Hall–Kier alpha value is -4.16. The van der Waals surface area contributed by atoms with E-state index in [-0.39, 0.29) is 48.1 Å². The summed E-state index contributed by atoms with van der Waals surface area (Å²) in [5.74, 6) is -0.918. The number of rotatable bonds is 9. The van der Waals surface area contributed by atoms with Crippen molar-refractivity contribution in [1.82, 2.24) is 4.98 Å². The Morgan fingerprint density at radius 1 is 1.09 bits per heavy atom. The normalized spacial score (nSPS) is 10.3. The molecule has 1 heterocycles. The van der Waals surface area contributed by atoms with Crippen molar-refractivity contribution in [3.05, 3.63) is 83.4 Å². The number of nitrogens with zero attached hydrogens (tertiary/aromatic N) is 4. The third-order valence-corrected chi connectivity index (χ3v) is 4.96. The Kier molecular flexibility index (Phi) is 8.37. The van der Waals surface area contributed by atoms with Crippen molar-refractivity contribution in [3.8, 4) is 11.8 Å². The maximum atomic E-state index is 14.4. The lowest BCUT2D eigenvalue weighted by atomic mass is 10.1. The van der Waals surface area contributed by atoms with Gasteiger partial charge in [-0.3, -0.25) is 14.7 Å². The zero-order chi connectivity index (χ0) is 24.5. The highest BCUT2D eigenvalue weighted by Gasteiger charge is 2.22.